The lowest BCUT2D eigenvalue weighted by Gasteiger charge is -2.39. The van der Waals surface area contributed by atoms with E-state index < -0.39 is 0 Å². The van der Waals surface area contributed by atoms with Gasteiger partial charge in [0, 0.05) is 49.4 Å². The van der Waals surface area contributed by atoms with Gasteiger partial charge in [0.05, 0.1) is 17.9 Å². The second-order valence-electron chi connectivity index (χ2n) is 6.29. The van der Waals surface area contributed by atoms with Crippen LogP contribution in [-0.2, 0) is 23.5 Å². The Morgan fingerprint density at radius 2 is 2.09 bits per heavy atom. The predicted octanol–water partition coefficient (Wildman–Crippen LogP) is 2.31. The Balaban J connectivity index is 1.42. The zero-order valence-electron chi connectivity index (χ0n) is 12.9. The number of carbonyl (C=O) groups excluding carboxylic acids is 1. The number of rotatable bonds is 3. The van der Waals surface area contributed by atoms with Gasteiger partial charge in [-0.2, -0.15) is 0 Å². The standard InChI is InChI=1S/C18H19N3O2/c22-12-14-1-2-16(20-9-14)11-21-7-4-18(5-8-21)17-10-19-6-3-15(17)13-23-18/h1-3,6,9-10,12H,4-5,7-8,11,13H2. The summed E-state index contributed by atoms with van der Waals surface area (Å²) in [4.78, 5) is 21.7. The maximum Gasteiger partial charge on any atom is 0.151 e. The Morgan fingerprint density at radius 1 is 1.22 bits per heavy atom. The third kappa shape index (κ3) is 2.66. The molecule has 0 bridgehead atoms. The van der Waals surface area contributed by atoms with Crippen LogP contribution in [-0.4, -0.2) is 34.2 Å². The maximum absolute atomic E-state index is 10.7. The second-order valence-corrected chi connectivity index (χ2v) is 6.29. The summed E-state index contributed by atoms with van der Waals surface area (Å²) < 4.78 is 6.16. The molecule has 0 unspecified atom stereocenters. The minimum absolute atomic E-state index is 0.144. The van der Waals surface area contributed by atoms with Crippen molar-refractivity contribution < 1.29 is 9.53 Å². The molecular formula is C18H19N3O2. The minimum atomic E-state index is -0.144. The molecule has 0 atom stereocenters. The van der Waals surface area contributed by atoms with Crippen molar-refractivity contribution in [1.82, 2.24) is 14.9 Å². The van der Waals surface area contributed by atoms with Crippen molar-refractivity contribution in [2.24, 2.45) is 0 Å². The van der Waals surface area contributed by atoms with Crippen molar-refractivity contribution in [3.63, 3.8) is 0 Å². The van der Waals surface area contributed by atoms with E-state index in [9.17, 15) is 4.79 Å². The zero-order valence-corrected chi connectivity index (χ0v) is 12.9. The monoisotopic (exact) mass is 309 g/mol. The van der Waals surface area contributed by atoms with Crippen LogP contribution in [0.25, 0.3) is 0 Å². The van der Waals surface area contributed by atoms with Crippen molar-refractivity contribution in [3.05, 3.63) is 59.2 Å². The van der Waals surface area contributed by atoms with E-state index in [0.29, 0.717) is 12.2 Å². The van der Waals surface area contributed by atoms with E-state index in [0.717, 1.165) is 44.5 Å². The average Bonchev–Trinajstić information content (AvgIpc) is 2.97. The molecule has 4 rings (SSSR count). The van der Waals surface area contributed by atoms with Gasteiger partial charge in [0.2, 0.25) is 0 Å². The van der Waals surface area contributed by atoms with Crippen LogP contribution in [0.5, 0.6) is 0 Å². The molecule has 2 aliphatic heterocycles. The fourth-order valence-electron chi connectivity index (χ4n) is 3.57. The number of aldehydes is 1. The number of likely N-dealkylation sites (tertiary alicyclic amines) is 1. The Labute approximate surface area is 135 Å². The number of piperidine rings is 1. The highest BCUT2D eigenvalue weighted by Gasteiger charge is 2.42. The van der Waals surface area contributed by atoms with Crippen LogP contribution >= 0.6 is 0 Å². The summed E-state index contributed by atoms with van der Waals surface area (Å²) in [6.45, 7) is 3.47. The fraction of sp³-hybridized carbons (Fsp3) is 0.389. The Bertz CT molecular complexity index is 706. The van der Waals surface area contributed by atoms with Crippen molar-refractivity contribution in [2.45, 2.75) is 31.6 Å². The first-order valence-electron chi connectivity index (χ1n) is 7.99. The molecule has 2 aromatic rings. The van der Waals surface area contributed by atoms with Crippen molar-refractivity contribution in [3.8, 4) is 0 Å². The number of pyridine rings is 2. The van der Waals surface area contributed by atoms with Crippen LogP contribution in [0.15, 0.2) is 36.8 Å². The molecule has 5 nitrogen and oxygen atoms in total. The third-order valence-corrected chi connectivity index (χ3v) is 4.94. The summed E-state index contributed by atoms with van der Waals surface area (Å²) >= 11 is 0. The molecule has 0 radical (unpaired) electrons. The molecule has 0 aliphatic carbocycles. The summed E-state index contributed by atoms with van der Waals surface area (Å²) in [5.41, 5.74) is 4.03. The molecule has 1 fully saturated rings. The molecule has 1 saturated heterocycles. The fourth-order valence-corrected chi connectivity index (χ4v) is 3.57. The topological polar surface area (TPSA) is 55.3 Å². The lowest BCUT2D eigenvalue weighted by Crippen LogP contribution is -2.42. The van der Waals surface area contributed by atoms with Gasteiger partial charge in [-0.05, 0) is 36.6 Å². The van der Waals surface area contributed by atoms with Gasteiger partial charge in [-0.3, -0.25) is 19.7 Å². The van der Waals surface area contributed by atoms with Gasteiger partial charge in [0.15, 0.2) is 6.29 Å². The highest BCUT2D eigenvalue weighted by Crippen LogP contribution is 2.43. The number of ether oxygens (including phenoxy) is 1. The first-order chi connectivity index (χ1) is 11.3. The molecule has 0 N–H and O–H groups in total. The van der Waals surface area contributed by atoms with Crippen LogP contribution in [0.3, 0.4) is 0 Å². The Hall–Kier alpha value is -2.11. The number of hydrogen-bond acceptors (Lipinski definition) is 5. The molecule has 0 saturated carbocycles. The quantitative estimate of drug-likeness (QED) is 0.814. The Morgan fingerprint density at radius 3 is 2.83 bits per heavy atom. The van der Waals surface area contributed by atoms with E-state index in [1.807, 2.05) is 24.5 Å². The first kappa shape index (κ1) is 14.5. The maximum atomic E-state index is 10.7. The van der Waals surface area contributed by atoms with Gasteiger partial charge in [-0.15, -0.1) is 0 Å². The largest absolute Gasteiger partial charge is 0.365 e. The predicted molar refractivity (Wildman–Crippen MR) is 84.8 cm³/mol. The number of fused-ring (bicyclic) bond motifs is 2. The van der Waals surface area contributed by atoms with Crippen LogP contribution in [0.1, 0.15) is 40.0 Å². The van der Waals surface area contributed by atoms with Gasteiger partial charge in [0.1, 0.15) is 0 Å². The third-order valence-electron chi connectivity index (χ3n) is 4.94. The summed E-state index contributed by atoms with van der Waals surface area (Å²) in [7, 11) is 0. The van der Waals surface area contributed by atoms with E-state index in [-0.39, 0.29) is 5.60 Å². The highest BCUT2D eigenvalue weighted by atomic mass is 16.5. The molecule has 1 spiro atoms. The van der Waals surface area contributed by atoms with Crippen LogP contribution in [0.2, 0.25) is 0 Å². The number of hydrogen-bond donors (Lipinski definition) is 0. The summed E-state index contributed by atoms with van der Waals surface area (Å²) in [6, 6.07) is 5.82. The van der Waals surface area contributed by atoms with Gasteiger partial charge < -0.3 is 4.74 Å². The first-order valence-corrected chi connectivity index (χ1v) is 7.99. The number of aromatic nitrogens is 2. The van der Waals surface area contributed by atoms with E-state index in [2.05, 4.69) is 20.9 Å². The summed E-state index contributed by atoms with van der Waals surface area (Å²) in [5, 5.41) is 0. The van der Waals surface area contributed by atoms with Gasteiger partial charge >= 0.3 is 0 Å². The van der Waals surface area contributed by atoms with Gasteiger partial charge in [-0.1, -0.05) is 0 Å². The van der Waals surface area contributed by atoms with E-state index in [1.165, 1.54) is 11.1 Å². The van der Waals surface area contributed by atoms with E-state index in [4.69, 9.17) is 4.74 Å². The summed E-state index contributed by atoms with van der Waals surface area (Å²) in [6.07, 6.45) is 8.24. The second kappa shape index (κ2) is 5.83. The normalized spacial score (nSPS) is 19.7. The highest BCUT2D eigenvalue weighted by molar-refractivity contribution is 5.73. The molecule has 118 valence electrons. The van der Waals surface area contributed by atoms with Crippen molar-refractivity contribution >= 4 is 6.29 Å². The molecular weight excluding hydrogens is 290 g/mol. The molecule has 2 aromatic heterocycles. The molecule has 4 heterocycles. The minimum Gasteiger partial charge on any atom is -0.365 e. The van der Waals surface area contributed by atoms with Gasteiger partial charge in [-0.25, -0.2) is 0 Å². The average molecular weight is 309 g/mol. The van der Waals surface area contributed by atoms with Crippen LogP contribution < -0.4 is 0 Å². The van der Waals surface area contributed by atoms with E-state index in [1.54, 1.807) is 6.20 Å². The Kier molecular flexibility index (Phi) is 3.67. The lowest BCUT2D eigenvalue weighted by molar-refractivity contribution is -0.0801. The molecule has 5 heteroatoms. The van der Waals surface area contributed by atoms with Crippen molar-refractivity contribution in [1.29, 1.82) is 0 Å². The van der Waals surface area contributed by atoms with Crippen molar-refractivity contribution in [2.75, 3.05) is 13.1 Å². The number of nitrogens with zero attached hydrogens (tertiary/aromatic N) is 3. The molecule has 2 aliphatic rings. The summed E-state index contributed by atoms with van der Waals surface area (Å²) in [5.74, 6) is 0. The molecule has 23 heavy (non-hydrogen) atoms. The molecule has 0 aromatic carbocycles. The van der Waals surface area contributed by atoms with Crippen LogP contribution in [0.4, 0.5) is 0 Å². The van der Waals surface area contributed by atoms with Crippen LogP contribution in [0, 0.1) is 0 Å². The number of carbonyl (C=O) groups is 1. The van der Waals surface area contributed by atoms with Gasteiger partial charge in [0.25, 0.3) is 0 Å². The smallest absolute Gasteiger partial charge is 0.151 e. The molecule has 0 amide bonds. The zero-order chi connectivity index (χ0) is 15.7. The van der Waals surface area contributed by atoms with E-state index >= 15 is 0 Å². The SMILES string of the molecule is O=Cc1ccc(CN2CCC3(CC2)OCc2ccncc23)nc1. The lowest BCUT2D eigenvalue weighted by atomic mass is 9.85.